The second kappa shape index (κ2) is 10.5. The molecule has 1 amide bonds. The van der Waals surface area contributed by atoms with E-state index in [1.54, 1.807) is 32.9 Å². The first-order valence-corrected chi connectivity index (χ1v) is 13.3. The molecule has 1 fully saturated rings. The fraction of sp³-hybridized carbons (Fsp3) is 0.462. The van der Waals surface area contributed by atoms with E-state index in [2.05, 4.69) is 37.3 Å². The van der Waals surface area contributed by atoms with E-state index in [1.165, 1.54) is 15.3 Å². The average molecular weight is 515 g/mol. The molecule has 0 N–H and O–H groups in total. The highest BCUT2D eigenvalue weighted by Crippen LogP contribution is 2.27. The average Bonchev–Trinajstić information content (AvgIpc) is 2.80. The molecule has 1 atom stereocenters. The number of hydrogen-bond donors (Lipinski definition) is 0. The van der Waals surface area contributed by atoms with Crippen LogP contribution in [0.4, 0.5) is 0 Å². The fourth-order valence-electron chi connectivity index (χ4n) is 4.21. The lowest BCUT2D eigenvalue weighted by molar-refractivity contribution is 0.0529. The molecule has 9 nitrogen and oxygen atoms in total. The van der Waals surface area contributed by atoms with Crippen LogP contribution in [0.2, 0.25) is 0 Å². The zero-order valence-corrected chi connectivity index (χ0v) is 22.6. The first-order valence-electron chi connectivity index (χ1n) is 11.8. The first-order chi connectivity index (χ1) is 16.8. The highest BCUT2D eigenvalue weighted by atomic mass is 32.2. The smallest absolute Gasteiger partial charge is 0.342 e. The molecular weight excluding hydrogens is 480 g/mol. The summed E-state index contributed by atoms with van der Waals surface area (Å²) in [6.45, 7) is 15.2. The fourth-order valence-corrected chi connectivity index (χ4v) is 5.83. The van der Waals surface area contributed by atoms with Crippen LogP contribution in [0.1, 0.15) is 65.6 Å². The number of nitrogens with zero attached hydrogens (tertiary/aromatic N) is 4. The quantitative estimate of drug-likeness (QED) is 0.430. The van der Waals surface area contributed by atoms with Gasteiger partial charge in [-0.25, -0.2) is 23.2 Å². The Labute approximate surface area is 213 Å². The molecular formula is C26H34N4O5S. The van der Waals surface area contributed by atoms with Gasteiger partial charge in [-0.3, -0.25) is 4.79 Å². The lowest BCUT2D eigenvalue weighted by atomic mass is 9.87. The lowest BCUT2D eigenvalue weighted by Crippen LogP contribution is -2.55. The summed E-state index contributed by atoms with van der Waals surface area (Å²) >= 11 is 0. The number of carbonyl (C=O) groups is 2. The van der Waals surface area contributed by atoms with Crippen molar-refractivity contribution in [2.45, 2.75) is 57.9 Å². The van der Waals surface area contributed by atoms with Crippen LogP contribution in [0.15, 0.2) is 41.8 Å². The first kappa shape index (κ1) is 27.5. The summed E-state index contributed by atoms with van der Waals surface area (Å²) < 4.78 is 33.3. The minimum Gasteiger partial charge on any atom is -0.458 e. The second-order valence-electron chi connectivity index (χ2n) is 9.96. The maximum atomic E-state index is 13.4. The van der Waals surface area contributed by atoms with Crippen LogP contribution in [0.25, 0.3) is 0 Å². The van der Waals surface area contributed by atoms with E-state index in [1.807, 2.05) is 12.1 Å². The Balaban J connectivity index is 1.83. The van der Waals surface area contributed by atoms with Gasteiger partial charge in [0, 0.05) is 25.7 Å². The summed E-state index contributed by atoms with van der Waals surface area (Å²) in [5, 5.41) is 0. The van der Waals surface area contributed by atoms with Crippen LogP contribution in [0.3, 0.4) is 0 Å². The van der Waals surface area contributed by atoms with Crippen molar-refractivity contribution >= 4 is 21.9 Å². The number of esters is 1. The van der Waals surface area contributed by atoms with Gasteiger partial charge in [0.15, 0.2) is 0 Å². The van der Waals surface area contributed by atoms with E-state index in [-0.39, 0.29) is 47.8 Å². The molecule has 0 aliphatic carbocycles. The molecule has 1 aromatic carbocycles. The zero-order chi connectivity index (χ0) is 26.8. The lowest BCUT2D eigenvalue weighted by Gasteiger charge is -2.39. The maximum Gasteiger partial charge on any atom is 0.342 e. The Morgan fingerprint density at radius 1 is 1.14 bits per heavy atom. The van der Waals surface area contributed by atoms with Crippen LogP contribution in [0.5, 0.6) is 0 Å². The van der Waals surface area contributed by atoms with Gasteiger partial charge in [0.05, 0.1) is 10.6 Å². The van der Waals surface area contributed by atoms with Gasteiger partial charge >= 0.3 is 5.97 Å². The third-order valence-corrected chi connectivity index (χ3v) is 8.15. The number of amides is 1. The molecule has 3 rings (SSSR count). The van der Waals surface area contributed by atoms with Gasteiger partial charge in [0.2, 0.25) is 10.0 Å². The van der Waals surface area contributed by atoms with Crippen molar-refractivity contribution in [3.63, 3.8) is 0 Å². The number of benzene rings is 1. The van der Waals surface area contributed by atoms with Crippen molar-refractivity contribution in [2.24, 2.45) is 0 Å². The summed E-state index contributed by atoms with van der Waals surface area (Å²) in [6.07, 6.45) is 1.43. The highest BCUT2D eigenvalue weighted by molar-refractivity contribution is 7.89. The normalized spacial score (nSPS) is 17.1. The Morgan fingerprint density at radius 2 is 1.78 bits per heavy atom. The van der Waals surface area contributed by atoms with E-state index >= 15 is 0 Å². The second-order valence-corrected chi connectivity index (χ2v) is 11.8. The molecule has 194 valence electrons. The SMILES string of the molecule is C=CCOC(=O)c1c(C)nc(C)nc1C(=O)N1CCN(S(=O)(=O)c2ccc(C(C)(C)C)cc2)C(C)C1. The molecule has 36 heavy (non-hydrogen) atoms. The summed E-state index contributed by atoms with van der Waals surface area (Å²) in [4.78, 5) is 36.3. The molecule has 1 aliphatic heterocycles. The zero-order valence-electron chi connectivity index (χ0n) is 21.7. The van der Waals surface area contributed by atoms with Gasteiger partial charge in [-0.15, -0.1) is 0 Å². The van der Waals surface area contributed by atoms with Crippen LogP contribution in [-0.2, 0) is 20.2 Å². The molecule has 1 aliphatic rings. The molecule has 1 saturated heterocycles. The number of piperazine rings is 1. The largest absolute Gasteiger partial charge is 0.458 e. The number of ether oxygens (including phenoxy) is 1. The standard InChI is InChI=1S/C26H34N4O5S/c1-8-15-35-25(32)22-18(3)27-19(4)28-23(22)24(31)29-13-14-30(17(2)16-29)36(33,34)21-11-9-20(10-12-21)26(5,6)7/h8-12,17H,1,13-16H2,2-7H3. The van der Waals surface area contributed by atoms with Gasteiger partial charge in [-0.2, -0.15) is 4.31 Å². The minimum atomic E-state index is -3.75. The van der Waals surface area contributed by atoms with Crippen molar-refractivity contribution < 1.29 is 22.7 Å². The van der Waals surface area contributed by atoms with Gasteiger partial charge < -0.3 is 9.64 Å². The van der Waals surface area contributed by atoms with Gasteiger partial charge in [0.1, 0.15) is 23.7 Å². The van der Waals surface area contributed by atoms with E-state index in [0.717, 1.165) is 5.56 Å². The molecule has 1 unspecified atom stereocenters. The van der Waals surface area contributed by atoms with Crippen LogP contribution < -0.4 is 0 Å². The summed E-state index contributed by atoms with van der Waals surface area (Å²) in [7, 11) is -3.75. The predicted molar refractivity (Wildman–Crippen MR) is 136 cm³/mol. The monoisotopic (exact) mass is 514 g/mol. The van der Waals surface area contributed by atoms with E-state index in [4.69, 9.17) is 4.74 Å². The Bertz CT molecular complexity index is 1270. The molecule has 10 heteroatoms. The number of rotatable bonds is 6. The van der Waals surface area contributed by atoms with Gasteiger partial charge in [0.25, 0.3) is 5.91 Å². The maximum absolute atomic E-state index is 13.4. The van der Waals surface area contributed by atoms with E-state index < -0.39 is 27.9 Å². The van der Waals surface area contributed by atoms with E-state index in [0.29, 0.717) is 11.5 Å². The Kier molecular flexibility index (Phi) is 8.00. The highest BCUT2D eigenvalue weighted by Gasteiger charge is 2.37. The molecule has 0 bridgehead atoms. The van der Waals surface area contributed by atoms with E-state index in [9.17, 15) is 18.0 Å². The molecule has 2 heterocycles. The predicted octanol–water partition coefficient (Wildman–Crippen LogP) is 3.27. The van der Waals surface area contributed by atoms with Crippen LogP contribution in [0, 0.1) is 13.8 Å². The van der Waals surface area contributed by atoms with Crippen molar-refractivity contribution in [3.05, 3.63) is 65.3 Å². The van der Waals surface area contributed by atoms with Crippen LogP contribution in [-0.4, -0.2) is 71.8 Å². The Morgan fingerprint density at radius 3 is 2.33 bits per heavy atom. The number of carbonyl (C=O) groups excluding carboxylic acids is 2. The number of aromatic nitrogens is 2. The molecule has 0 saturated carbocycles. The molecule has 2 aromatic rings. The number of hydrogen-bond acceptors (Lipinski definition) is 7. The number of aryl methyl sites for hydroxylation is 2. The van der Waals surface area contributed by atoms with Crippen LogP contribution >= 0.6 is 0 Å². The summed E-state index contributed by atoms with van der Waals surface area (Å²) in [5.41, 5.74) is 1.26. The van der Waals surface area contributed by atoms with Gasteiger partial charge in [-0.1, -0.05) is 45.6 Å². The number of sulfonamides is 1. The third-order valence-electron chi connectivity index (χ3n) is 6.12. The third kappa shape index (κ3) is 5.65. The van der Waals surface area contributed by atoms with Crippen molar-refractivity contribution in [1.82, 2.24) is 19.2 Å². The molecule has 1 aromatic heterocycles. The minimum absolute atomic E-state index is 0.00842. The van der Waals surface area contributed by atoms with Crippen molar-refractivity contribution in [3.8, 4) is 0 Å². The molecule has 0 spiro atoms. The molecule has 0 radical (unpaired) electrons. The van der Waals surface area contributed by atoms with Crippen molar-refractivity contribution in [1.29, 1.82) is 0 Å². The topological polar surface area (TPSA) is 110 Å². The summed E-state index contributed by atoms with van der Waals surface area (Å²) in [6, 6.07) is 6.46. The van der Waals surface area contributed by atoms with Crippen molar-refractivity contribution in [2.75, 3.05) is 26.2 Å². The Hall–Kier alpha value is -3.11. The van der Waals surface area contributed by atoms with Gasteiger partial charge in [-0.05, 0) is 43.9 Å². The summed E-state index contributed by atoms with van der Waals surface area (Å²) in [5.74, 6) is -0.819.